The molecule has 1 rings (SSSR count). The van der Waals surface area contributed by atoms with Gasteiger partial charge in [0.1, 0.15) is 30.5 Å². The molecule has 61 heavy (non-hydrogen) atoms. The molecule has 0 aromatic heterocycles. The average molecular weight is 873 g/mol. The van der Waals surface area contributed by atoms with Crippen LogP contribution in [0, 0.1) is 0 Å². The highest BCUT2D eigenvalue weighted by Crippen LogP contribution is 2.23. The van der Waals surface area contributed by atoms with E-state index in [1.54, 1.807) is 0 Å². The van der Waals surface area contributed by atoms with Crippen LogP contribution in [0.3, 0.4) is 0 Å². The zero-order valence-electron chi connectivity index (χ0n) is 39.1. The number of carbonyl (C=O) groups is 2. The first-order chi connectivity index (χ1) is 29.7. The summed E-state index contributed by atoms with van der Waals surface area (Å²) < 4.78 is 11.2. The maximum absolute atomic E-state index is 13.0. The Morgan fingerprint density at radius 3 is 1.41 bits per heavy atom. The second-order valence-electron chi connectivity index (χ2n) is 18.2. The van der Waals surface area contributed by atoms with Gasteiger partial charge in [0.25, 0.3) is 0 Å². The van der Waals surface area contributed by atoms with Gasteiger partial charge in [0.2, 0.25) is 11.8 Å². The molecule has 1 aliphatic rings. The van der Waals surface area contributed by atoms with Gasteiger partial charge in [-0.15, -0.1) is 0 Å². The molecule has 1 heterocycles. The van der Waals surface area contributed by atoms with Crippen molar-refractivity contribution >= 4 is 11.8 Å². The van der Waals surface area contributed by atoms with Crippen molar-refractivity contribution in [1.82, 2.24) is 10.6 Å². The van der Waals surface area contributed by atoms with Gasteiger partial charge in [-0.25, -0.2) is 0 Å². The Bertz CT molecular complexity index is 1010. The predicted molar refractivity (Wildman–Crippen MR) is 245 cm³/mol. The lowest BCUT2D eigenvalue weighted by atomic mass is 9.98. The van der Waals surface area contributed by atoms with E-state index in [2.05, 4.69) is 24.5 Å². The van der Waals surface area contributed by atoms with Crippen molar-refractivity contribution in [2.24, 2.45) is 0 Å². The van der Waals surface area contributed by atoms with Crippen molar-refractivity contribution in [2.45, 2.75) is 281 Å². The Hall–Kier alpha value is -1.38. The van der Waals surface area contributed by atoms with Crippen LogP contribution >= 0.6 is 0 Å². The molecule has 1 fully saturated rings. The number of nitrogens with one attached hydrogen (secondary N) is 2. The van der Waals surface area contributed by atoms with E-state index in [9.17, 15) is 40.2 Å². The molecule has 362 valence electrons. The number of hydrogen-bond acceptors (Lipinski definition) is 10. The summed E-state index contributed by atoms with van der Waals surface area (Å²) in [5.74, 6) is -0.0985. The Morgan fingerprint density at radius 2 is 0.951 bits per heavy atom. The predicted octanol–water partition coefficient (Wildman–Crippen LogP) is 8.43. The lowest BCUT2D eigenvalue weighted by Gasteiger charge is -2.40. The second kappa shape index (κ2) is 40.2. The zero-order valence-corrected chi connectivity index (χ0v) is 39.1. The molecule has 3 unspecified atom stereocenters. The SMILES string of the molecule is CCCCCCCCCCCCCCC(O)C(O)C(CO[C@H]1O[C@H](CO)[C@H](O)[C@H](O)[C@H]1O)NC(=O)CCCCCCCCCCCNC(=O)CCCCCCCCCCCC. The molecule has 2 amide bonds. The molecular weight excluding hydrogens is 777 g/mol. The largest absolute Gasteiger partial charge is 0.394 e. The number of aliphatic hydroxyl groups is 6. The first-order valence-electron chi connectivity index (χ1n) is 25.5. The monoisotopic (exact) mass is 873 g/mol. The molecule has 0 aliphatic carbocycles. The molecule has 8 N–H and O–H groups in total. The number of aliphatic hydroxyl groups excluding tert-OH is 6. The molecule has 12 heteroatoms. The summed E-state index contributed by atoms with van der Waals surface area (Å²) in [6, 6.07) is -1.01. The van der Waals surface area contributed by atoms with Crippen LogP contribution in [0.25, 0.3) is 0 Å². The fraction of sp³-hybridized carbons (Fsp3) is 0.959. The minimum atomic E-state index is -1.62. The van der Waals surface area contributed by atoms with Gasteiger partial charge >= 0.3 is 0 Å². The van der Waals surface area contributed by atoms with Crippen molar-refractivity contribution in [3.05, 3.63) is 0 Å². The number of carbonyl (C=O) groups excluding carboxylic acids is 2. The maximum atomic E-state index is 13.0. The third-order valence-electron chi connectivity index (χ3n) is 12.5. The van der Waals surface area contributed by atoms with Crippen LogP contribution in [0.4, 0.5) is 0 Å². The van der Waals surface area contributed by atoms with Crippen molar-refractivity contribution in [2.75, 3.05) is 19.8 Å². The minimum Gasteiger partial charge on any atom is -0.394 e. The fourth-order valence-electron chi connectivity index (χ4n) is 8.28. The van der Waals surface area contributed by atoms with Gasteiger partial charge in [0.15, 0.2) is 6.29 Å². The Kier molecular flexibility index (Phi) is 37.9. The van der Waals surface area contributed by atoms with Crippen LogP contribution in [0.2, 0.25) is 0 Å². The van der Waals surface area contributed by atoms with E-state index in [-0.39, 0.29) is 24.8 Å². The smallest absolute Gasteiger partial charge is 0.220 e. The molecule has 0 aromatic carbocycles. The molecule has 8 atom stereocenters. The second-order valence-corrected chi connectivity index (χ2v) is 18.2. The van der Waals surface area contributed by atoms with Crippen molar-refractivity contribution < 1.29 is 49.7 Å². The van der Waals surface area contributed by atoms with Crippen LogP contribution in [-0.4, -0.2) is 111 Å². The van der Waals surface area contributed by atoms with Crippen LogP contribution in [0.1, 0.15) is 232 Å². The number of unbranched alkanes of at least 4 members (excludes halogenated alkanes) is 28. The highest BCUT2D eigenvalue weighted by Gasteiger charge is 2.44. The first kappa shape index (κ1) is 57.6. The summed E-state index contributed by atoms with van der Waals surface area (Å²) in [5.41, 5.74) is 0. The fourth-order valence-corrected chi connectivity index (χ4v) is 8.28. The van der Waals surface area contributed by atoms with Gasteiger partial charge in [-0.2, -0.15) is 0 Å². The summed E-state index contributed by atoms with van der Waals surface area (Å²) in [7, 11) is 0. The number of amides is 2. The molecule has 0 radical (unpaired) electrons. The molecule has 0 saturated carbocycles. The Labute approximate surface area is 372 Å². The Morgan fingerprint density at radius 1 is 0.541 bits per heavy atom. The number of rotatable bonds is 43. The van der Waals surface area contributed by atoms with Gasteiger partial charge < -0.3 is 50.7 Å². The Balaban J connectivity index is 2.29. The van der Waals surface area contributed by atoms with Gasteiger partial charge in [-0.3, -0.25) is 9.59 Å². The normalized spacial score (nSPS) is 20.7. The van der Waals surface area contributed by atoms with Crippen LogP contribution in [-0.2, 0) is 19.1 Å². The molecule has 0 bridgehead atoms. The third kappa shape index (κ3) is 30.4. The van der Waals surface area contributed by atoms with Crippen LogP contribution in [0.15, 0.2) is 0 Å². The van der Waals surface area contributed by atoms with Crippen molar-refractivity contribution in [1.29, 1.82) is 0 Å². The number of hydrogen-bond donors (Lipinski definition) is 8. The molecule has 1 aliphatic heterocycles. The summed E-state index contributed by atoms with van der Waals surface area (Å²) in [6.07, 6.45) is 27.7. The van der Waals surface area contributed by atoms with Crippen LogP contribution in [0.5, 0.6) is 0 Å². The highest BCUT2D eigenvalue weighted by molar-refractivity contribution is 5.76. The quantitative estimate of drug-likeness (QED) is 0.0275. The first-order valence-corrected chi connectivity index (χ1v) is 25.5. The van der Waals surface area contributed by atoms with Crippen LogP contribution < -0.4 is 10.6 Å². The lowest BCUT2D eigenvalue weighted by Crippen LogP contribution is -2.60. The summed E-state index contributed by atoms with van der Waals surface area (Å²) in [5, 5.41) is 68.3. The maximum Gasteiger partial charge on any atom is 0.220 e. The van der Waals surface area contributed by atoms with E-state index in [4.69, 9.17) is 9.47 Å². The van der Waals surface area contributed by atoms with E-state index in [1.807, 2.05) is 0 Å². The van der Waals surface area contributed by atoms with E-state index >= 15 is 0 Å². The molecule has 0 aromatic rings. The van der Waals surface area contributed by atoms with E-state index in [0.29, 0.717) is 19.3 Å². The minimum absolute atomic E-state index is 0.184. The lowest BCUT2D eigenvalue weighted by molar-refractivity contribution is -0.303. The summed E-state index contributed by atoms with van der Waals surface area (Å²) >= 11 is 0. The van der Waals surface area contributed by atoms with E-state index in [0.717, 1.165) is 96.4 Å². The zero-order chi connectivity index (χ0) is 44.8. The third-order valence-corrected chi connectivity index (χ3v) is 12.5. The summed E-state index contributed by atoms with van der Waals surface area (Å²) in [4.78, 5) is 25.2. The van der Waals surface area contributed by atoms with Crippen molar-refractivity contribution in [3.8, 4) is 0 Å². The molecule has 12 nitrogen and oxygen atoms in total. The van der Waals surface area contributed by atoms with Gasteiger partial charge in [-0.05, 0) is 25.7 Å². The topological polar surface area (TPSA) is 198 Å². The highest BCUT2D eigenvalue weighted by atomic mass is 16.7. The number of ether oxygens (including phenoxy) is 2. The van der Waals surface area contributed by atoms with E-state index in [1.165, 1.54) is 103 Å². The van der Waals surface area contributed by atoms with Crippen molar-refractivity contribution in [3.63, 3.8) is 0 Å². The van der Waals surface area contributed by atoms with Gasteiger partial charge in [-0.1, -0.05) is 194 Å². The standard InChI is InChI=1S/C49H96N2O10/c1-3-5-7-9-11-13-15-16-18-22-26-30-34-41(53)45(56)40(39-60-49-48(59)47(58)46(57)42(38-52)61-49)51-44(55)36-32-28-24-20-17-21-25-29-33-37-50-43(54)35-31-27-23-19-14-12-10-8-6-4-2/h40-42,45-49,52-53,56-59H,3-39H2,1-2H3,(H,50,54)(H,51,55)/t40?,41?,42-,45?,46+,47+,48-,49+/m1/s1. The molecular formula is C49H96N2O10. The molecule has 0 spiro atoms. The van der Waals surface area contributed by atoms with Gasteiger partial charge in [0.05, 0.1) is 25.4 Å². The summed E-state index contributed by atoms with van der Waals surface area (Å²) in [6.45, 7) is 4.32. The average Bonchev–Trinajstić information content (AvgIpc) is 3.25. The van der Waals surface area contributed by atoms with E-state index < -0.39 is 55.6 Å². The molecule has 1 saturated heterocycles. The van der Waals surface area contributed by atoms with Gasteiger partial charge in [0, 0.05) is 19.4 Å².